The van der Waals surface area contributed by atoms with Gasteiger partial charge < -0.3 is 9.64 Å². The second kappa shape index (κ2) is 8.27. The lowest BCUT2D eigenvalue weighted by Crippen LogP contribution is -2.46. The molecule has 0 aliphatic carbocycles. The minimum Gasteiger partial charge on any atom is -0.375 e. The largest absolute Gasteiger partial charge is 0.375 e. The molecular formula is C22H23N3O3. The van der Waals surface area contributed by atoms with E-state index in [1.807, 2.05) is 36.4 Å². The number of H-pyrrole nitrogens is 2. The van der Waals surface area contributed by atoms with Crippen LogP contribution in [-0.4, -0.2) is 46.8 Å². The number of nitrogens with one attached hydrogen (secondary N) is 2. The van der Waals surface area contributed by atoms with Crippen molar-refractivity contribution in [2.75, 3.05) is 19.7 Å². The van der Waals surface area contributed by atoms with Gasteiger partial charge in [-0.15, -0.1) is 0 Å². The first-order chi connectivity index (χ1) is 13.7. The second-order valence-electron chi connectivity index (χ2n) is 7.03. The quantitative estimate of drug-likeness (QED) is 0.718. The van der Waals surface area contributed by atoms with Gasteiger partial charge in [-0.3, -0.25) is 19.8 Å². The molecule has 6 nitrogen and oxygen atoms in total. The maximum atomic E-state index is 12.7. The molecule has 0 radical (unpaired) electrons. The number of amides is 1. The van der Waals surface area contributed by atoms with Crippen LogP contribution in [0.2, 0.25) is 0 Å². The van der Waals surface area contributed by atoms with Crippen molar-refractivity contribution in [3.05, 3.63) is 93.9 Å². The highest BCUT2D eigenvalue weighted by molar-refractivity contribution is 5.92. The van der Waals surface area contributed by atoms with Gasteiger partial charge in [0.15, 0.2) is 0 Å². The molecule has 2 N–H and O–H groups in total. The number of aromatic nitrogens is 2. The first kappa shape index (κ1) is 18.3. The van der Waals surface area contributed by atoms with Crippen LogP contribution in [0.1, 0.15) is 34.0 Å². The van der Waals surface area contributed by atoms with E-state index in [4.69, 9.17) is 4.74 Å². The molecule has 6 heteroatoms. The van der Waals surface area contributed by atoms with E-state index in [-0.39, 0.29) is 29.2 Å². The topological polar surface area (TPSA) is 78.2 Å². The minimum atomic E-state index is -0.304. The molecule has 144 valence electrons. The molecule has 0 bridgehead atoms. The SMILES string of the molecule is O=C(c1cc(=O)[nH][nH]1)N1CCO[C@H](CC(c2ccccc2)c2ccccc2)C1. The van der Waals surface area contributed by atoms with Crippen LogP contribution >= 0.6 is 0 Å². The van der Waals surface area contributed by atoms with Crippen molar-refractivity contribution in [3.8, 4) is 0 Å². The fourth-order valence-corrected chi connectivity index (χ4v) is 3.76. The fraction of sp³-hybridized carbons (Fsp3) is 0.273. The third kappa shape index (κ3) is 4.07. The number of hydrogen-bond acceptors (Lipinski definition) is 3. The fourth-order valence-electron chi connectivity index (χ4n) is 3.76. The van der Waals surface area contributed by atoms with Crippen LogP contribution in [0.5, 0.6) is 0 Å². The van der Waals surface area contributed by atoms with Crippen LogP contribution in [0.15, 0.2) is 71.5 Å². The van der Waals surface area contributed by atoms with Crippen LogP contribution in [-0.2, 0) is 4.74 Å². The van der Waals surface area contributed by atoms with Crippen molar-refractivity contribution in [3.63, 3.8) is 0 Å². The molecule has 1 fully saturated rings. The number of ether oxygens (including phenoxy) is 1. The van der Waals surface area contributed by atoms with E-state index in [2.05, 4.69) is 34.5 Å². The number of aromatic amines is 2. The van der Waals surface area contributed by atoms with E-state index < -0.39 is 0 Å². The molecule has 1 atom stereocenters. The van der Waals surface area contributed by atoms with E-state index in [0.29, 0.717) is 19.7 Å². The average Bonchev–Trinajstić information content (AvgIpc) is 3.19. The molecule has 2 aromatic carbocycles. The van der Waals surface area contributed by atoms with Crippen molar-refractivity contribution in [1.82, 2.24) is 15.1 Å². The van der Waals surface area contributed by atoms with Gasteiger partial charge in [-0.25, -0.2) is 0 Å². The molecule has 1 saturated heterocycles. The van der Waals surface area contributed by atoms with E-state index in [0.717, 1.165) is 6.42 Å². The highest BCUT2D eigenvalue weighted by Gasteiger charge is 2.29. The Hall–Kier alpha value is -3.12. The first-order valence-corrected chi connectivity index (χ1v) is 9.49. The second-order valence-corrected chi connectivity index (χ2v) is 7.03. The van der Waals surface area contributed by atoms with Gasteiger partial charge >= 0.3 is 0 Å². The van der Waals surface area contributed by atoms with E-state index >= 15 is 0 Å². The van der Waals surface area contributed by atoms with Crippen molar-refractivity contribution in [1.29, 1.82) is 0 Å². The van der Waals surface area contributed by atoms with Gasteiger partial charge in [-0.05, 0) is 17.5 Å². The Morgan fingerprint density at radius 3 is 2.25 bits per heavy atom. The molecule has 0 saturated carbocycles. The summed E-state index contributed by atoms with van der Waals surface area (Å²) in [5, 5.41) is 5.06. The van der Waals surface area contributed by atoms with E-state index in [9.17, 15) is 9.59 Å². The number of carbonyl (C=O) groups excluding carboxylic acids is 1. The maximum Gasteiger partial charge on any atom is 0.272 e. The lowest BCUT2D eigenvalue weighted by molar-refractivity contribution is -0.0266. The number of rotatable bonds is 5. The molecule has 0 unspecified atom stereocenters. The lowest BCUT2D eigenvalue weighted by atomic mass is 9.86. The summed E-state index contributed by atoms with van der Waals surface area (Å²) < 4.78 is 6.00. The van der Waals surface area contributed by atoms with Crippen LogP contribution in [0, 0.1) is 0 Å². The lowest BCUT2D eigenvalue weighted by Gasteiger charge is -2.34. The Bertz CT molecular complexity index is 926. The summed E-state index contributed by atoms with van der Waals surface area (Å²) in [6, 6.07) is 22.0. The number of morpholine rings is 1. The Morgan fingerprint density at radius 2 is 1.68 bits per heavy atom. The number of benzene rings is 2. The maximum absolute atomic E-state index is 12.7. The van der Waals surface area contributed by atoms with Gasteiger partial charge in [0, 0.05) is 25.1 Å². The van der Waals surface area contributed by atoms with Crippen LogP contribution in [0.25, 0.3) is 0 Å². The highest BCUT2D eigenvalue weighted by Crippen LogP contribution is 2.31. The Morgan fingerprint density at radius 1 is 1.04 bits per heavy atom. The van der Waals surface area contributed by atoms with Crippen molar-refractivity contribution in [2.24, 2.45) is 0 Å². The average molecular weight is 377 g/mol. The van der Waals surface area contributed by atoms with Gasteiger partial charge in [-0.2, -0.15) is 0 Å². The van der Waals surface area contributed by atoms with Crippen molar-refractivity contribution in [2.45, 2.75) is 18.4 Å². The molecule has 4 rings (SSSR count). The monoisotopic (exact) mass is 377 g/mol. The number of hydrogen-bond donors (Lipinski definition) is 2. The molecule has 1 aliphatic rings. The zero-order valence-corrected chi connectivity index (χ0v) is 15.5. The molecular weight excluding hydrogens is 354 g/mol. The molecule has 1 aliphatic heterocycles. The molecule has 2 heterocycles. The van der Waals surface area contributed by atoms with Gasteiger partial charge in [0.1, 0.15) is 5.69 Å². The first-order valence-electron chi connectivity index (χ1n) is 9.49. The normalized spacial score (nSPS) is 17.0. The summed E-state index contributed by atoms with van der Waals surface area (Å²) in [4.78, 5) is 25.7. The molecule has 1 amide bonds. The Labute approximate surface area is 163 Å². The van der Waals surface area contributed by atoms with Gasteiger partial charge in [0.25, 0.3) is 11.5 Å². The minimum absolute atomic E-state index is 0.0752. The van der Waals surface area contributed by atoms with Gasteiger partial charge in [0.05, 0.1) is 12.7 Å². The van der Waals surface area contributed by atoms with E-state index in [1.54, 1.807) is 4.90 Å². The van der Waals surface area contributed by atoms with Crippen molar-refractivity contribution < 1.29 is 9.53 Å². The Balaban J connectivity index is 1.52. The zero-order chi connectivity index (χ0) is 19.3. The smallest absolute Gasteiger partial charge is 0.272 e. The van der Waals surface area contributed by atoms with Gasteiger partial charge in [0.2, 0.25) is 0 Å². The van der Waals surface area contributed by atoms with Crippen LogP contribution in [0.4, 0.5) is 0 Å². The summed E-state index contributed by atoms with van der Waals surface area (Å²) in [7, 11) is 0. The standard InChI is InChI=1S/C22H23N3O3/c26-21-14-20(23-24-21)22(27)25-11-12-28-18(15-25)13-19(16-7-3-1-4-8-16)17-9-5-2-6-10-17/h1-10,14,18-19H,11-13,15H2,(H2,23,24,26)/t18-/m1/s1. The number of nitrogens with zero attached hydrogens (tertiary/aromatic N) is 1. The molecule has 0 spiro atoms. The Kier molecular flexibility index (Phi) is 5.39. The summed E-state index contributed by atoms with van der Waals surface area (Å²) >= 11 is 0. The third-order valence-electron chi connectivity index (χ3n) is 5.15. The van der Waals surface area contributed by atoms with E-state index in [1.165, 1.54) is 17.2 Å². The summed E-state index contributed by atoms with van der Waals surface area (Å²) in [5.41, 5.74) is 2.45. The van der Waals surface area contributed by atoms with Crippen LogP contribution < -0.4 is 5.56 Å². The predicted molar refractivity (Wildman–Crippen MR) is 106 cm³/mol. The summed E-state index contributed by atoms with van der Waals surface area (Å²) in [6.07, 6.45) is 0.704. The van der Waals surface area contributed by atoms with Crippen LogP contribution in [0.3, 0.4) is 0 Å². The molecule has 28 heavy (non-hydrogen) atoms. The predicted octanol–water partition coefficient (Wildman–Crippen LogP) is 2.77. The summed E-state index contributed by atoms with van der Waals surface area (Å²) in [6.45, 7) is 1.51. The number of carbonyl (C=O) groups is 1. The summed E-state index contributed by atoms with van der Waals surface area (Å²) in [5.74, 6) is 0.0112. The highest BCUT2D eigenvalue weighted by atomic mass is 16.5. The van der Waals surface area contributed by atoms with Crippen molar-refractivity contribution >= 4 is 5.91 Å². The molecule has 1 aromatic heterocycles. The molecule has 3 aromatic rings. The zero-order valence-electron chi connectivity index (χ0n) is 15.5. The van der Waals surface area contributed by atoms with Gasteiger partial charge in [-0.1, -0.05) is 60.7 Å². The third-order valence-corrected chi connectivity index (χ3v) is 5.15.